The number of ether oxygens (including phenoxy) is 1. The molecule has 0 radical (unpaired) electrons. The molecule has 0 saturated carbocycles. The molecular formula is C18H19F3N2O4S. The number of carbonyl (C=O) groups is 2. The van der Waals surface area contributed by atoms with Crippen molar-refractivity contribution < 1.29 is 32.6 Å². The first-order chi connectivity index (χ1) is 13.1. The van der Waals surface area contributed by atoms with Crippen molar-refractivity contribution in [3.05, 3.63) is 35.4 Å². The van der Waals surface area contributed by atoms with Crippen LogP contribution in [0, 0.1) is 5.92 Å². The number of alkyl halides is 3. The van der Waals surface area contributed by atoms with E-state index in [1.165, 1.54) is 34.9 Å². The maximum absolute atomic E-state index is 12.9. The number of carbonyl (C=O) groups excluding carboxylic acids is 2. The van der Waals surface area contributed by atoms with E-state index in [-0.39, 0.29) is 31.2 Å². The summed E-state index contributed by atoms with van der Waals surface area (Å²) < 4.78 is 41.5. The summed E-state index contributed by atoms with van der Waals surface area (Å²) in [6.45, 7) is 1.72. The van der Waals surface area contributed by atoms with E-state index in [0.29, 0.717) is 16.0 Å². The maximum Gasteiger partial charge on any atom is 0.573 e. The van der Waals surface area contributed by atoms with Crippen LogP contribution >= 0.6 is 11.8 Å². The van der Waals surface area contributed by atoms with Gasteiger partial charge in [0.1, 0.15) is 5.75 Å². The van der Waals surface area contributed by atoms with Crippen molar-refractivity contribution in [1.29, 1.82) is 0 Å². The van der Waals surface area contributed by atoms with Gasteiger partial charge in [0.05, 0.1) is 11.3 Å². The number of amides is 3. The lowest BCUT2D eigenvalue weighted by Crippen LogP contribution is -2.58. The number of hydrogen-bond acceptors (Lipinski definition) is 5. The Balaban J connectivity index is 1.92. The van der Waals surface area contributed by atoms with E-state index in [1.807, 2.05) is 0 Å². The lowest BCUT2D eigenvalue weighted by Gasteiger charge is -2.40. The minimum absolute atomic E-state index is 0.115. The number of imide groups is 1. The summed E-state index contributed by atoms with van der Waals surface area (Å²) in [6, 6.07) is 5.12. The van der Waals surface area contributed by atoms with Gasteiger partial charge in [-0.2, -0.15) is 0 Å². The van der Waals surface area contributed by atoms with Crippen LogP contribution in [0.4, 0.5) is 18.0 Å². The van der Waals surface area contributed by atoms with E-state index < -0.39 is 23.7 Å². The maximum atomic E-state index is 12.9. The van der Waals surface area contributed by atoms with Gasteiger partial charge >= 0.3 is 12.4 Å². The first kappa shape index (κ1) is 20.5. The fourth-order valence-corrected chi connectivity index (χ4v) is 4.90. The number of benzene rings is 1. The third-order valence-electron chi connectivity index (χ3n) is 4.66. The monoisotopic (exact) mass is 416 g/mol. The van der Waals surface area contributed by atoms with Crippen LogP contribution in [0.25, 0.3) is 4.91 Å². The van der Waals surface area contributed by atoms with E-state index in [9.17, 15) is 22.8 Å². The van der Waals surface area contributed by atoms with E-state index in [2.05, 4.69) is 4.74 Å². The number of rotatable bonds is 5. The van der Waals surface area contributed by atoms with Crippen LogP contribution in [-0.2, 0) is 4.79 Å². The van der Waals surface area contributed by atoms with Crippen molar-refractivity contribution in [2.45, 2.75) is 25.1 Å². The molecular weight excluding hydrogens is 397 g/mol. The number of aliphatic hydroxyl groups excluding tert-OH is 1. The Labute approximate surface area is 163 Å². The van der Waals surface area contributed by atoms with Crippen molar-refractivity contribution in [2.75, 3.05) is 20.2 Å². The summed E-state index contributed by atoms with van der Waals surface area (Å²) in [4.78, 5) is 28.6. The summed E-state index contributed by atoms with van der Waals surface area (Å²) in [5.74, 6) is -1.29. The van der Waals surface area contributed by atoms with E-state index in [4.69, 9.17) is 5.11 Å². The molecule has 2 atom stereocenters. The molecule has 1 saturated heterocycles. The summed E-state index contributed by atoms with van der Waals surface area (Å²) >= 11 is 1.27. The molecule has 0 bridgehead atoms. The van der Waals surface area contributed by atoms with Gasteiger partial charge in [-0.1, -0.05) is 23.9 Å². The molecule has 3 amide bonds. The minimum atomic E-state index is -4.80. The number of hydrogen-bond donors (Lipinski definition) is 1. The second-order valence-corrected chi connectivity index (χ2v) is 7.66. The van der Waals surface area contributed by atoms with Crippen molar-refractivity contribution in [2.24, 2.45) is 5.92 Å². The zero-order chi connectivity index (χ0) is 20.6. The van der Waals surface area contributed by atoms with Crippen LogP contribution in [0.3, 0.4) is 0 Å². The standard InChI is InChI=1S/C18H19F3N2O4S/c1-10-13-15(25)23(7-4-8-24)17(26)22(2)16(13)28-14(10)11-5-3-6-12(9-11)27-18(19,20)21/h3,5-6,9,13,16,24H,4,7-8H2,1-2H3. The number of thioether (sulfide) groups is 1. The summed E-state index contributed by atoms with van der Waals surface area (Å²) in [5.41, 5.74) is 1.19. The minimum Gasteiger partial charge on any atom is -0.406 e. The molecule has 0 spiro atoms. The Bertz CT molecular complexity index is 827. The molecule has 3 rings (SSSR count). The quantitative estimate of drug-likeness (QED) is 0.798. The molecule has 1 aromatic rings. The number of urea groups is 1. The third kappa shape index (κ3) is 3.83. The fraction of sp³-hybridized carbons (Fsp3) is 0.444. The van der Waals surface area contributed by atoms with Gasteiger partial charge in [0.25, 0.3) is 0 Å². The van der Waals surface area contributed by atoms with Crippen molar-refractivity contribution in [3.8, 4) is 5.75 Å². The van der Waals surface area contributed by atoms with Gasteiger partial charge in [0, 0.05) is 25.1 Å². The average Bonchev–Trinajstić information content (AvgIpc) is 2.96. The predicted octanol–water partition coefficient (Wildman–Crippen LogP) is 3.28. The molecule has 152 valence electrons. The number of aliphatic hydroxyl groups is 1. The van der Waals surface area contributed by atoms with Gasteiger partial charge < -0.3 is 14.7 Å². The molecule has 28 heavy (non-hydrogen) atoms. The lowest BCUT2D eigenvalue weighted by molar-refractivity contribution is -0.274. The highest BCUT2D eigenvalue weighted by Gasteiger charge is 2.50. The van der Waals surface area contributed by atoms with Gasteiger partial charge in [-0.3, -0.25) is 9.69 Å². The molecule has 2 heterocycles. The molecule has 1 N–H and O–H groups in total. The highest BCUT2D eigenvalue weighted by atomic mass is 32.2. The Morgan fingerprint density at radius 1 is 1.29 bits per heavy atom. The molecule has 6 nitrogen and oxygen atoms in total. The Morgan fingerprint density at radius 2 is 2.00 bits per heavy atom. The molecule has 1 fully saturated rings. The number of halogens is 3. The molecule has 0 aliphatic carbocycles. The fourth-order valence-electron chi connectivity index (χ4n) is 3.37. The normalized spacial score (nSPS) is 22.8. The van der Waals surface area contributed by atoms with Gasteiger partial charge in [-0.25, -0.2) is 4.79 Å². The zero-order valence-corrected chi connectivity index (χ0v) is 16.0. The van der Waals surface area contributed by atoms with Crippen molar-refractivity contribution in [1.82, 2.24) is 9.80 Å². The smallest absolute Gasteiger partial charge is 0.406 e. The zero-order valence-electron chi connectivity index (χ0n) is 15.2. The second-order valence-electron chi connectivity index (χ2n) is 6.53. The van der Waals surface area contributed by atoms with Crippen LogP contribution < -0.4 is 4.74 Å². The van der Waals surface area contributed by atoms with Crippen molar-refractivity contribution in [3.63, 3.8) is 0 Å². The van der Waals surface area contributed by atoms with Crippen LogP contribution in [0.1, 0.15) is 18.9 Å². The first-order valence-electron chi connectivity index (χ1n) is 8.56. The van der Waals surface area contributed by atoms with Crippen molar-refractivity contribution >= 4 is 28.6 Å². The first-order valence-corrected chi connectivity index (χ1v) is 9.44. The van der Waals surface area contributed by atoms with Crippen LogP contribution in [-0.4, -0.2) is 58.8 Å². The molecule has 10 heteroatoms. The van der Waals surface area contributed by atoms with Gasteiger partial charge in [0.15, 0.2) is 0 Å². The molecule has 2 aliphatic rings. The van der Waals surface area contributed by atoms with E-state index in [1.54, 1.807) is 20.0 Å². The van der Waals surface area contributed by atoms with Gasteiger partial charge in [0.2, 0.25) is 5.91 Å². The van der Waals surface area contributed by atoms with Crippen LogP contribution in [0.5, 0.6) is 5.75 Å². The Morgan fingerprint density at radius 3 is 2.64 bits per heavy atom. The second kappa shape index (κ2) is 7.67. The Kier molecular flexibility index (Phi) is 5.62. The van der Waals surface area contributed by atoms with Crippen LogP contribution in [0.2, 0.25) is 0 Å². The molecule has 2 unspecified atom stereocenters. The summed E-state index contributed by atoms with van der Waals surface area (Å²) in [5, 5.41) is 8.54. The van der Waals surface area contributed by atoms with Gasteiger partial charge in [-0.15, -0.1) is 13.2 Å². The number of nitrogens with zero attached hydrogens (tertiary/aromatic N) is 2. The third-order valence-corrected chi connectivity index (χ3v) is 6.29. The van der Waals surface area contributed by atoms with Crippen LogP contribution in [0.15, 0.2) is 29.8 Å². The average molecular weight is 416 g/mol. The van der Waals surface area contributed by atoms with Gasteiger partial charge in [-0.05, 0) is 36.6 Å². The highest BCUT2D eigenvalue weighted by Crippen LogP contribution is 2.51. The molecule has 1 aromatic carbocycles. The summed E-state index contributed by atoms with van der Waals surface area (Å²) in [7, 11) is 1.59. The topological polar surface area (TPSA) is 70.1 Å². The largest absolute Gasteiger partial charge is 0.573 e. The molecule has 0 aromatic heterocycles. The predicted molar refractivity (Wildman–Crippen MR) is 97.2 cm³/mol. The highest BCUT2D eigenvalue weighted by molar-refractivity contribution is 8.09. The van der Waals surface area contributed by atoms with E-state index >= 15 is 0 Å². The number of fused-ring (bicyclic) bond motifs is 1. The Hall–Kier alpha value is -2.20. The lowest BCUT2D eigenvalue weighted by atomic mass is 9.94. The van der Waals surface area contributed by atoms with E-state index in [0.717, 1.165) is 4.90 Å². The SMILES string of the molecule is CC1=C(c2cccc(OC(F)(F)F)c2)SC2C1C(=O)N(CCCO)C(=O)N2C. The summed E-state index contributed by atoms with van der Waals surface area (Å²) in [6.07, 6.45) is -4.52. The molecule has 2 aliphatic heterocycles.